The minimum absolute atomic E-state index is 0.0560. The van der Waals surface area contributed by atoms with E-state index in [0.29, 0.717) is 19.1 Å². The topological polar surface area (TPSA) is 72.3 Å². The van der Waals surface area contributed by atoms with Crippen molar-refractivity contribution in [1.82, 2.24) is 25.2 Å². The Balaban J connectivity index is 1.25. The smallest absolute Gasteiger partial charge is 0.234 e. The Morgan fingerprint density at radius 3 is 2.64 bits per heavy atom. The number of methoxy groups -OCH3 is 1. The van der Waals surface area contributed by atoms with Gasteiger partial charge in [0.05, 0.1) is 25.2 Å². The van der Waals surface area contributed by atoms with Crippen LogP contribution in [0.3, 0.4) is 0 Å². The first-order valence-electron chi connectivity index (χ1n) is 9.65. The van der Waals surface area contributed by atoms with Crippen molar-refractivity contribution in [3.8, 4) is 5.75 Å². The SMILES string of the molecule is COc1ccc(CNC(=O)CN2CCC(n3nnc4ccccc43)CC2)cc1. The van der Waals surface area contributed by atoms with Crippen molar-refractivity contribution in [2.24, 2.45) is 0 Å². The molecule has 0 unspecified atom stereocenters. The van der Waals surface area contributed by atoms with Gasteiger partial charge in [0, 0.05) is 19.6 Å². The van der Waals surface area contributed by atoms with Crippen LogP contribution in [0.2, 0.25) is 0 Å². The minimum Gasteiger partial charge on any atom is -0.497 e. The monoisotopic (exact) mass is 379 g/mol. The molecule has 7 nitrogen and oxygen atoms in total. The molecule has 0 spiro atoms. The molecule has 1 saturated heterocycles. The van der Waals surface area contributed by atoms with E-state index in [1.165, 1.54) is 0 Å². The van der Waals surface area contributed by atoms with Crippen LogP contribution in [-0.4, -0.2) is 52.5 Å². The minimum atomic E-state index is 0.0560. The predicted molar refractivity (Wildman–Crippen MR) is 107 cm³/mol. The molecule has 1 amide bonds. The van der Waals surface area contributed by atoms with Crippen LogP contribution in [0, 0.1) is 0 Å². The summed E-state index contributed by atoms with van der Waals surface area (Å²) in [4.78, 5) is 14.5. The van der Waals surface area contributed by atoms with Crippen molar-refractivity contribution < 1.29 is 9.53 Å². The zero-order valence-electron chi connectivity index (χ0n) is 16.0. The maximum Gasteiger partial charge on any atom is 0.234 e. The molecule has 1 aliphatic rings. The third-order valence-electron chi connectivity index (χ3n) is 5.30. The number of carbonyl (C=O) groups excluding carboxylic acids is 1. The maximum atomic E-state index is 12.3. The molecule has 0 radical (unpaired) electrons. The fourth-order valence-electron chi connectivity index (χ4n) is 3.68. The van der Waals surface area contributed by atoms with Gasteiger partial charge < -0.3 is 10.1 Å². The van der Waals surface area contributed by atoms with Gasteiger partial charge in [0.1, 0.15) is 11.3 Å². The lowest BCUT2D eigenvalue weighted by molar-refractivity contribution is -0.122. The summed E-state index contributed by atoms with van der Waals surface area (Å²) in [6.07, 6.45) is 1.94. The summed E-state index contributed by atoms with van der Waals surface area (Å²) in [5.41, 5.74) is 3.08. The Kier molecular flexibility index (Phi) is 5.53. The van der Waals surface area contributed by atoms with Crippen LogP contribution in [0.5, 0.6) is 5.75 Å². The number of likely N-dealkylation sites (tertiary alicyclic amines) is 1. The molecule has 2 aromatic carbocycles. The van der Waals surface area contributed by atoms with Crippen LogP contribution in [0.15, 0.2) is 48.5 Å². The Hall–Kier alpha value is -2.93. The Morgan fingerprint density at radius 1 is 1.14 bits per heavy atom. The van der Waals surface area contributed by atoms with Crippen LogP contribution < -0.4 is 10.1 Å². The van der Waals surface area contributed by atoms with Gasteiger partial charge in [0.2, 0.25) is 5.91 Å². The van der Waals surface area contributed by atoms with Crippen LogP contribution in [0.1, 0.15) is 24.4 Å². The average Bonchev–Trinajstić information content (AvgIpc) is 3.17. The highest BCUT2D eigenvalue weighted by Gasteiger charge is 2.23. The van der Waals surface area contributed by atoms with Crippen LogP contribution >= 0.6 is 0 Å². The third-order valence-corrected chi connectivity index (χ3v) is 5.30. The summed E-state index contributed by atoms with van der Waals surface area (Å²) in [5.74, 6) is 0.874. The normalized spacial score (nSPS) is 15.6. The van der Waals surface area contributed by atoms with Crippen LogP contribution in [-0.2, 0) is 11.3 Å². The largest absolute Gasteiger partial charge is 0.497 e. The van der Waals surface area contributed by atoms with Gasteiger partial charge in [-0.3, -0.25) is 9.69 Å². The van der Waals surface area contributed by atoms with Crippen molar-refractivity contribution in [3.63, 3.8) is 0 Å². The number of nitrogens with one attached hydrogen (secondary N) is 1. The summed E-state index contributed by atoms with van der Waals surface area (Å²) >= 11 is 0. The molecule has 1 aromatic heterocycles. The van der Waals surface area contributed by atoms with Crippen molar-refractivity contribution >= 4 is 16.9 Å². The fraction of sp³-hybridized carbons (Fsp3) is 0.381. The van der Waals surface area contributed by atoms with Gasteiger partial charge >= 0.3 is 0 Å². The number of nitrogens with zero attached hydrogens (tertiary/aromatic N) is 4. The highest BCUT2D eigenvalue weighted by molar-refractivity contribution is 5.78. The molecular weight excluding hydrogens is 354 g/mol. The molecule has 146 valence electrons. The molecule has 4 rings (SSSR count). The maximum absolute atomic E-state index is 12.3. The lowest BCUT2D eigenvalue weighted by atomic mass is 10.0. The van der Waals surface area contributed by atoms with Gasteiger partial charge in [0.25, 0.3) is 0 Å². The predicted octanol–water partition coefficient (Wildman–Crippen LogP) is 2.39. The number of hydrogen-bond acceptors (Lipinski definition) is 5. The second-order valence-electron chi connectivity index (χ2n) is 7.15. The van der Waals surface area contributed by atoms with Crippen molar-refractivity contribution in [1.29, 1.82) is 0 Å². The first-order chi connectivity index (χ1) is 13.7. The third kappa shape index (κ3) is 4.14. The van der Waals surface area contributed by atoms with Gasteiger partial charge in [-0.05, 0) is 42.7 Å². The van der Waals surface area contributed by atoms with Gasteiger partial charge in [0.15, 0.2) is 0 Å². The number of ether oxygens (including phenoxy) is 1. The Labute approximate surface area is 164 Å². The number of piperidine rings is 1. The lowest BCUT2D eigenvalue weighted by Gasteiger charge is -2.31. The Morgan fingerprint density at radius 2 is 1.89 bits per heavy atom. The zero-order chi connectivity index (χ0) is 19.3. The first kappa shape index (κ1) is 18.4. The van der Waals surface area contributed by atoms with E-state index in [1.54, 1.807) is 7.11 Å². The standard InChI is InChI=1S/C21H25N5O2/c1-28-18-8-6-16(7-9-18)14-22-21(27)15-25-12-10-17(11-13-25)26-20-5-3-2-4-19(20)23-24-26/h2-9,17H,10-15H2,1H3,(H,22,27). The van der Waals surface area contributed by atoms with Crippen LogP contribution in [0.4, 0.5) is 0 Å². The molecule has 0 bridgehead atoms. The second-order valence-corrected chi connectivity index (χ2v) is 7.15. The molecule has 1 N–H and O–H groups in total. The summed E-state index contributed by atoms with van der Waals surface area (Å²) < 4.78 is 7.19. The van der Waals surface area contributed by atoms with Gasteiger partial charge in [-0.1, -0.05) is 29.5 Å². The summed E-state index contributed by atoms with van der Waals surface area (Å²) in [7, 11) is 1.64. The van der Waals surface area contributed by atoms with Gasteiger partial charge in [-0.25, -0.2) is 4.68 Å². The van der Waals surface area contributed by atoms with E-state index in [2.05, 4.69) is 26.6 Å². The van der Waals surface area contributed by atoms with E-state index in [0.717, 1.165) is 48.3 Å². The lowest BCUT2D eigenvalue weighted by Crippen LogP contribution is -2.41. The molecule has 1 aliphatic heterocycles. The average molecular weight is 379 g/mol. The zero-order valence-corrected chi connectivity index (χ0v) is 16.0. The number of hydrogen-bond donors (Lipinski definition) is 1. The van der Waals surface area contributed by atoms with Crippen molar-refractivity contribution in [2.45, 2.75) is 25.4 Å². The van der Waals surface area contributed by atoms with E-state index in [1.807, 2.05) is 47.1 Å². The molecule has 7 heteroatoms. The van der Waals surface area contributed by atoms with Crippen molar-refractivity contribution in [2.75, 3.05) is 26.7 Å². The number of para-hydroxylation sites is 1. The fourth-order valence-corrected chi connectivity index (χ4v) is 3.68. The number of carbonyl (C=O) groups is 1. The van der Waals surface area contributed by atoms with Crippen LogP contribution in [0.25, 0.3) is 11.0 Å². The van der Waals surface area contributed by atoms with E-state index < -0.39 is 0 Å². The number of aromatic nitrogens is 3. The van der Waals surface area contributed by atoms with Crippen molar-refractivity contribution in [3.05, 3.63) is 54.1 Å². The molecule has 2 heterocycles. The highest BCUT2D eigenvalue weighted by Crippen LogP contribution is 2.25. The molecule has 28 heavy (non-hydrogen) atoms. The number of fused-ring (bicyclic) bond motifs is 1. The second kappa shape index (κ2) is 8.39. The highest BCUT2D eigenvalue weighted by atomic mass is 16.5. The summed E-state index contributed by atoms with van der Waals surface area (Å²) in [6, 6.07) is 16.1. The van der Waals surface area contributed by atoms with Gasteiger partial charge in [-0.15, -0.1) is 5.10 Å². The van der Waals surface area contributed by atoms with Gasteiger partial charge in [-0.2, -0.15) is 0 Å². The number of rotatable bonds is 6. The molecule has 3 aromatic rings. The number of amides is 1. The van der Waals surface area contributed by atoms with E-state index >= 15 is 0 Å². The molecule has 0 saturated carbocycles. The first-order valence-corrected chi connectivity index (χ1v) is 9.65. The van der Waals surface area contributed by atoms with E-state index in [9.17, 15) is 4.79 Å². The summed E-state index contributed by atoms with van der Waals surface area (Å²) in [6.45, 7) is 2.73. The Bertz CT molecular complexity index is 929. The molecule has 1 fully saturated rings. The molecular formula is C21H25N5O2. The molecule has 0 aliphatic carbocycles. The van der Waals surface area contributed by atoms with E-state index in [4.69, 9.17) is 4.74 Å². The summed E-state index contributed by atoms with van der Waals surface area (Å²) in [5, 5.41) is 11.6. The molecule has 0 atom stereocenters. The van der Waals surface area contributed by atoms with E-state index in [-0.39, 0.29) is 5.91 Å². The quantitative estimate of drug-likeness (QED) is 0.712. The number of benzene rings is 2.